The van der Waals surface area contributed by atoms with Crippen LogP contribution in [0.4, 0.5) is 5.69 Å². The van der Waals surface area contributed by atoms with Crippen LogP contribution in [0.25, 0.3) is 0 Å². The van der Waals surface area contributed by atoms with Gasteiger partial charge in [-0.15, -0.1) is 0 Å². The first-order valence-corrected chi connectivity index (χ1v) is 6.82. The van der Waals surface area contributed by atoms with E-state index < -0.39 is 36.7 Å². The summed E-state index contributed by atoms with van der Waals surface area (Å²) in [5.74, 6) is -0.792. The van der Waals surface area contributed by atoms with Crippen molar-refractivity contribution in [3.8, 4) is 5.75 Å². The number of carbonyl (C=O) groups excluding carboxylic acids is 1. The lowest BCUT2D eigenvalue weighted by Crippen LogP contribution is -2.61. The van der Waals surface area contributed by atoms with Gasteiger partial charge < -0.3 is 40.4 Å². The summed E-state index contributed by atoms with van der Waals surface area (Å²) in [5.41, 5.74) is 6.49. The normalized spacial score (nSPS) is 30.7. The molecule has 0 bridgehead atoms. The van der Waals surface area contributed by atoms with Gasteiger partial charge in [0.1, 0.15) is 24.1 Å². The van der Waals surface area contributed by atoms with E-state index in [-0.39, 0.29) is 18.0 Å². The molecule has 0 amide bonds. The Labute approximate surface area is 131 Å². The Morgan fingerprint density at radius 3 is 2.52 bits per heavy atom. The van der Waals surface area contributed by atoms with E-state index in [1.165, 1.54) is 12.1 Å². The van der Waals surface area contributed by atoms with Crippen molar-refractivity contribution in [1.82, 2.24) is 0 Å². The molecular formula is C14H19NO8. The van der Waals surface area contributed by atoms with Crippen LogP contribution < -0.4 is 10.5 Å². The molecule has 0 saturated carbocycles. The average molecular weight is 329 g/mol. The van der Waals surface area contributed by atoms with Gasteiger partial charge in [0.25, 0.3) is 0 Å². The van der Waals surface area contributed by atoms with Gasteiger partial charge in [0.2, 0.25) is 6.29 Å². The highest BCUT2D eigenvalue weighted by Gasteiger charge is 2.48. The maximum Gasteiger partial charge on any atom is 0.337 e. The van der Waals surface area contributed by atoms with Gasteiger partial charge in [-0.1, -0.05) is 6.07 Å². The van der Waals surface area contributed by atoms with Gasteiger partial charge in [-0.3, -0.25) is 0 Å². The molecule has 0 aromatic heterocycles. The molecule has 0 radical (unpaired) electrons. The minimum absolute atomic E-state index is 0.124. The van der Waals surface area contributed by atoms with Crippen molar-refractivity contribution in [2.24, 2.45) is 0 Å². The minimum Gasteiger partial charge on any atom is -0.467 e. The largest absolute Gasteiger partial charge is 0.467 e. The van der Waals surface area contributed by atoms with Gasteiger partial charge in [0, 0.05) is 0 Å². The highest BCUT2D eigenvalue weighted by molar-refractivity contribution is 5.75. The molecular weight excluding hydrogens is 310 g/mol. The zero-order valence-corrected chi connectivity index (χ0v) is 12.3. The van der Waals surface area contributed by atoms with E-state index in [0.29, 0.717) is 5.56 Å². The Morgan fingerprint density at radius 1 is 1.26 bits per heavy atom. The molecule has 1 aromatic carbocycles. The van der Waals surface area contributed by atoms with Crippen molar-refractivity contribution in [3.63, 3.8) is 0 Å². The number of anilines is 1. The Morgan fingerprint density at radius 2 is 1.96 bits per heavy atom. The summed E-state index contributed by atoms with van der Waals surface area (Å²) in [4.78, 5) is 11.6. The monoisotopic (exact) mass is 329 g/mol. The summed E-state index contributed by atoms with van der Waals surface area (Å²) in [6, 6.07) is 4.46. The molecule has 1 fully saturated rings. The maximum absolute atomic E-state index is 11.6. The van der Waals surface area contributed by atoms with Crippen molar-refractivity contribution in [2.75, 3.05) is 12.8 Å². The first kappa shape index (κ1) is 17.4. The Kier molecular flexibility index (Phi) is 5.39. The number of nitrogens with two attached hydrogens (primary N) is 1. The lowest BCUT2D eigenvalue weighted by Gasteiger charge is -2.38. The van der Waals surface area contributed by atoms with Gasteiger partial charge in [0.15, 0.2) is 6.10 Å². The summed E-state index contributed by atoms with van der Waals surface area (Å²) in [6.45, 7) is -0.206. The highest BCUT2D eigenvalue weighted by atomic mass is 16.7. The van der Waals surface area contributed by atoms with Crippen LogP contribution in [0.5, 0.6) is 5.75 Å². The van der Waals surface area contributed by atoms with Gasteiger partial charge in [0.05, 0.1) is 19.4 Å². The quantitative estimate of drug-likeness (QED) is 0.315. The number of methoxy groups -OCH3 is 1. The highest BCUT2D eigenvalue weighted by Crippen LogP contribution is 2.29. The molecule has 9 nitrogen and oxygen atoms in total. The fraction of sp³-hybridized carbons (Fsp3) is 0.500. The van der Waals surface area contributed by atoms with Crippen LogP contribution in [0.1, 0.15) is 5.56 Å². The molecule has 1 aromatic rings. The van der Waals surface area contributed by atoms with E-state index >= 15 is 0 Å². The maximum atomic E-state index is 11.6. The van der Waals surface area contributed by atoms with Crippen LogP contribution in [-0.4, -0.2) is 64.2 Å². The number of hydrogen-bond acceptors (Lipinski definition) is 9. The number of ether oxygens (including phenoxy) is 3. The number of hydrogen-bond donors (Lipinski definition) is 5. The molecule has 2 rings (SSSR count). The summed E-state index contributed by atoms with van der Waals surface area (Å²) in [7, 11) is 1.09. The van der Waals surface area contributed by atoms with Crippen molar-refractivity contribution < 1.29 is 39.4 Å². The van der Waals surface area contributed by atoms with Crippen LogP contribution in [0.2, 0.25) is 0 Å². The number of benzene rings is 1. The van der Waals surface area contributed by atoms with Crippen LogP contribution in [0.3, 0.4) is 0 Å². The van der Waals surface area contributed by atoms with E-state index in [1.54, 1.807) is 6.07 Å². The van der Waals surface area contributed by atoms with Gasteiger partial charge >= 0.3 is 5.97 Å². The van der Waals surface area contributed by atoms with E-state index in [9.17, 15) is 20.1 Å². The number of esters is 1. The SMILES string of the molecule is COC(=O)[C@H]1O[C@@H](Oc2ccc(CO)cc2N)[C@H](O)[C@@H](O)[C@@H]1O. The van der Waals surface area contributed by atoms with E-state index in [2.05, 4.69) is 4.74 Å². The third-order valence-corrected chi connectivity index (χ3v) is 3.50. The number of aliphatic hydroxyl groups excluding tert-OH is 4. The smallest absolute Gasteiger partial charge is 0.337 e. The molecule has 0 spiro atoms. The second-order valence-corrected chi connectivity index (χ2v) is 5.07. The lowest BCUT2D eigenvalue weighted by molar-refractivity contribution is -0.271. The minimum atomic E-state index is -1.67. The van der Waals surface area contributed by atoms with Crippen molar-refractivity contribution >= 4 is 11.7 Å². The van der Waals surface area contributed by atoms with Gasteiger partial charge in [-0.25, -0.2) is 4.79 Å². The molecule has 0 unspecified atom stereocenters. The lowest BCUT2D eigenvalue weighted by atomic mass is 9.99. The number of aliphatic hydroxyl groups is 4. The van der Waals surface area contributed by atoms with E-state index in [4.69, 9.17) is 20.3 Å². The predicted octanol–water partition coefficient (Wildman–Crippen LogP) is -1.88. The first-order chi connectivity index (χ1) is 10.9. The molecule has 23 heavy (non-hydrogen) atoms. The molecule has 6 N–H and O–H groups in total. The van der Waals surface area contributed by atoms with E-state index in [1.807, 2.05) is 0 Å². The standard InChI is InChI=1S/C14H19NO8/c1-21-13(20)12-10(18)9(17)11(19)14(23-12)22-8-3-2-6(5-16)4-7(8)15/h2-4,9-12,14,16-19H,5,15H2,1H3/t9-,10-,11+,12-,14+/m0/s1. The Hall–Kier alpha value is -1.91. The number of carbonyl (C=O) groups is 1. The molecule has 5 atom stereocenters. The summed E-state index contributed by atoms with van der Waals surface area (Å²) in [5, 5.41) is 38.6. The topological polar surface area (TPSA) is 152 Å². The second-order valence-electron chi connectivity index (χ2n) is 5.07. The van der Waals surface area contributed by atoms with Crippen molar-refractivity contribution in [2.45, 2.75) is 37.3 Å². The molecule has 1 heterocycles. The summed E-state index contributed by atoms with van der Waals surface area (Å²) < 4.78 is 15.0. The summed E-state index contributed by atoms with van der Waals surface area (Å²) >= 11 is 0. The second kappa shape index (κ2) is 7.11. The van der Waals surface area contributed by atoms with Gasteiger partial charge in [-0.05, 0) is 17.7 Å². The Balaban J connectivity index is 2.19. The molecule has 1 saturated heterocycles. The molecule has 0 aliphatic carbocycles. The fourth-order valence-corrected chi connectivity index (χ4v) is 2.18. The predicted molar refractivity (Wildman–Crippen MR) is 76.1 cm³/mol. The number of nitrogen functional groups attached to an aromatic ring is 1. The summed E-state index contributed by atoms with van der Waals surface area (Å²) in [6.07, 6.45) is -7.90. The Bertz CT molecular complexity index is 566. The average Bonchev–Trinajstić information content (AvgIpc) is 2.56. The van der Waals surface area contributed by atoms with Crippen LogP contribution >= 0.6 is 0 Å². The fourth-order valence-electron chi connectivity index (χ4n) is 2.18. The first-order valence-electron chi connectivity index (χ1n) is 6.82. The van der Waals surface area contributed by atoms with E-state index in [0.717, 1.165) is 7.11 Å². The van der Waals surface area contributed by atoms with Crippen LogP contribution in [0.15, 0.2) is 18.2 Å². The third-order valence-electron chi connectivity index (χ3n) is 3.50. The molecule has 1 aliphatic heterocycles. The molecule has 1 aliphatic rings. The number of rotatable bonds is 4. The molecule has 128 valence electrons. The van der Waals surface area contributed by atoms with Crippen molar-refractivity contribution in [3.05, 3.63) is 23.8 Å². The zero-order chi connectivity index (χ0) is 17.1. The third kappa shape index (κ3) is 3.54. The van der Waals surface area contributed by atoms with Crippen molar-refractivity contribution in [1.29, 1.82) is 0 Å². The molecule has 9 heteroatoms. The van der Waals surface area contributed by atoms with Crippen LogP contribution in [-0.2, 0) is 20.9 Å². The van der Waals surface area contributed by atoms with Gasteiger partial charge in [-0.2, -0.15) is 0 Å². The van der Waals surface area contributed by atoms with Crippen LogP contribution in [0, 0.1) is 0 Å². The zero-order valence-electron chi connectivity index (χ0n) is 12.3.